The van der Waals surface area contributed by atoms with E-state index in [4.69, 9.17) is 15.2 Å². The largest absolute Gasteiger partial charge is 0.478 e. The van der Waals surface area contributed by atoms with Crippen molar-refractivity contribution in [1.82, 2.24) is 24.9 Å². The molecule has 348 valence electrons. The zero-order valence-electron chi connectivity index (χ0n) is 38.7. The predicted molar refractivity (Wildman–Crippen MR) is 281 cm³/mol. The minimum atomic E-state index is -1.08. The van der Waals surface area contributed by atoms with E-state index < -0.39 is 11.9 Å². The number of aromatic carboxylic acids is 2. The van der Waals surface area contributed by atoms with Crippen LogP contribution in [0.1, 0.15) is 20.7 Å². The maximum absolute atomic E-state index is 10.8. The smallest absolute Gasteiger partial charge is 0.335 e. The Labute approximate surface area is 427 Å². The minimum Gasteiger partial charge on any atom is -0.478 e. The topological polar surface area (TPSA) is 143 Å². The van der Waals surface area contributed by atoms with Crippen LogP contribution in [0.4, 0.5) is 0 Å². The first-order chi connectivity index (χ1) is 34.8. The van der Waals surface area contributed by atoms with Crippen molar-refractivity contribution < 1.29 is 43.8 Å². The summed E-state index contributed by atoms with van der Waals surface area (Å²) in [6.45, 7) is 0. The Kier molecular flexibility index (Phi) is 14.4. The van der Waals surface area contributed by atoms with Gasteiger partial charge < -0.3 is 10.2 Å². The average molecular weight is 1030 g/mol. The average Bonchev–Trinajstić information content (AvgIpc) is 3.43. The summed E-state index contributed by atoms with van der Waals surface area (Å²) < 4.78 is 2.17. The molecule has 0 amide bonds. The fourth-order valence-corrected chi connectivity index (χ4v) is 8.84. The molecule has 11 heteroatoms. The molecule has 12 rings (SSSR count). The number of carboxylic acid groups (broad SMARTS) is 2. The summed E-state index contributed by atoms with van der Waals surface area (Å²) in [5.41, 5.74) is 14.5. The van der Waals surface area contributed by atoms with Crippen molar-refractivity contribution >= 4 is 55.6 Å². The first-order valence-electron chi connectivity index (χ1n) is 22.8. The number of fused-ring (bicyclic) bond motifs is 6. The van der Waals surface area contributed by atoms with E-state index in [2.05, 4.69) is 195 Å². The molecule has 0 aliphatic rings. The van der Waals surface area contributed by atoms with Crippen LogP contribution in [0, 0.1) is 0 Å². The molecule has 0 aliphatic heterocycles. The summed E-state index contributed by atoms with van der Waals surface area (Å²) in [5, 5.41) is 22.4. The van der Waals surface area contributed by atoms with E-state index in [1.165, 1.54) is 91.9 Å². The van der Waals surface area contributed by atoms with Gasteiger partial charge in [0.05, 0.1) is 38.9 Å². The van der Waals surface area contributed by atoms with Crippen LogP contribution >= 0.6 is 0 Å². The number of hydrogen-bond donors (Lipinski definition) is 2. The number of carboxylic acids is 2. The maximum Gasteiger partial charge on any atom is 0.335 e. The van der Waals surface area contributed by atoms with Crippen molar-refractivity contribution in [2.24, 2.45) is 7.05 Å². The SMILES string of the molecule is C[n+]1ccc(-c2ccccc2)c2ccc3c(-c4ccccc4)ccnc3c21.O=C(O)c1ccnc(-c2cc(C(=O)O)ccn2)c1.[Ru].c1ccc(-c2ccnc3c2ccc2c(-c4ccccc4)ccnc23)cc1. The maximum atomic E-state index is 10.8. The molecule has 2 N–H and O–H groups in total. The van der Waals surface area contributed by atoms with Crippen LogP contribution in [0.25, 0.3) is 99.5 Å². The van der Waals surface area contributed by atoms with Gasteiger partial charge in [0.25, 0.3) is 0 Å². The van der Waals surface area contributed by atoms with Gasteiger partial charge in [-0.2, -0.15) is 4.57 Å². The van der Waals surface area contributed by atoms with Crippen molar-refractivity contribution in [2.75, 3.05) is 0 Å². The van der Waals surface area contributed by atoms with Gasteiger partial charge in [-0.05, 0) is 87.5 Å². The number of benzene rings is 6. The van der Waals surface area contributed by atoms with Crippen molar-refractivity contribution in [2.45, 2.75) is 0 Å². The Morgan fingerprint density at radius 3 is 1.07 bits per heavy atom. The number of aryl methyl sites for hydroxylation is 1. The van der Waals surface area contributed by atoms with Crippen LogP contribution in [-0.4, -0.2) is 47.1 Å². The number of aromatic nitrogens is 6. The predicted octanol–water partition coefficient (Wildman–Crippen LogP) is 13.2. The number of pyridine rings is 6. The van der Waals surface area contributed by atoms with Gasteiger partial charge in [0.1, 0.15) is 12.6 Å². The Balaban J connectivity index is 0.000000135. The van der Waals surface area contributed by atoms with Gasteiger partial charge in [0, 0.05) is 78.3 Å². The Morgan fingerprint density at radius 2 is 0.694 bits per heavy atom. The molecular weight excluding hydrogens is 982 g/mol. The number of hydrogen-bond acceptors (Lipinski definition) is 7. The molecule has 0 unspecified atom stereocenters. The zero-order chi connectivity index (χ0) is 48.7. The van der Waals surface area contributed by atoms with E-state index in [1.54, 1.807) is 0 Å². The third kappa shape index (κ3) is 9.96. The number of nitrogens with zero attached hydrogens (tertiary/aromatic N) is 6. The molecular formula is C61H43N6O4Ru+. The standard InChI is InChI=1S/C25H19N2.C24H16N2.C12H8N2O4.Ru/c1-27-17-15-21(19-10-6-3-7-11-19)23-13-12-22-20(18-8-4-2-5-9-18)14-16-26-24(22)25(23)27;1-3-7-17(8-4-1)19-13-15-25-23-21(19)11-12-22-20(14-16-26-24(22)23)18-9-5-2-6-10-18;15-11(16)7-1-3-13-9(5-7)10-6-8(12(17)18)2-4-14-10;/h2-17H,1H3;1-16H;1-6H,(H,15,16)(H,17,18);/q+1;;;. The van der Waals surface area contributed by atoms with E-state index in [0.717, 1.165) is 32.8 Å². The van der Waals surface area contributed by atoms with Crippen molar-refractivity contribution in [1.29, 1.82) is 0 Å². The Hall–Kier alpha value is -9.18. The molecule has 0 radical (unpaired) electrons. The van der Waals surface area contributed by atoms with E-state index in [-0.39, 0.29) is 30.6 Å². The van der Waals surface area contributed by atoms with Gasteiger partial charge in [-0.1, -0.05) is 140 Å². The third-order valence-electron chi connectivity index (χ3n) is 12.2. The quantitative estimate of drug-likeness (QED) is 0.0906. The van der Waals surface area contributed by atoms with Crippen LogP contribution in [0.3, 0.4) is 0 Å². The second kappa shape index (κ2) is 21.6. The van der Waals surface area contributed by atoms with Gasteiger partial charge in [-0.3, -0.25) is 19.9 Å². The summed E-state index contributed by atoms with van der Waals surface area (Å²) in [7, 11) is 2.09. The fourth-order valence-electron chi connectivity index (χ4n) is 8.84. The molecule has 0 aliphatic carbocycles. The van der Waals surface area contributed by atoms with Crippen LogP contribution < -0.4 is 4.57 Å². The number of carbonyl (C=O) groups is 2. The molecule has 0 spiro atoms. The molecule has 12 aromatic rings. The van der Waals surface area contributed by atoms with Gasteiger partial charge in [-0.15, -0.1) is 0 Å². The van der Waals surface area contributed by atoms with Crippen LogP contribution in [0.5, 0.6) is 0 Å². The molecule has 0 fully saturated rings. The molecule has 72 heavy (non-hydrogen) atoms. The van der Waals surface area contributed by atoms with E-state index in [9.17, 15) is 9.59 Å². The molecule has 6 heterocycles. The molecule has 0 saturated carbocycles. The van der Waals surface area contributed by atoms with Gasteiger partial charge in [-0.25, -0.2) is 14.6 Å². The molecule has 0 saturated heterocycles. The third-order valence-corrected chi connectivity index (χ3v) is 12.2. The van der Waals surface area contributed by atoms with Crippen LogP contribution in [0.15, 0.2) is 231 Å². The molecule has 0 atom stereocenters. The van der Waals surface area contributed by atoms with E-state index in [0.29, 0.717) is 11.4 Å². The van der Waals surface area contributed by atoms with Gasteiger partial charge in [0.15, 0.2) is 6.20 Å². The second-order valence-electron chi connectivity index (χ2n) is 16.6. The molecule has 6 aromatic heterocycles. The fraction of sp³-hybridized carbons (Fsp3) is 0.0164. The van der Waals surface area contributed by atoms with Gasteiger partial charge >= 0.3 is 11.9 Å². The normalized spacial score (nSPS) is 10.7. The Bertz CT molecular complexity index is 3750. The summed E-state index contributed by atoms with van der Waals surface area (Å²) in [5.74, 6) is -2.15. The van der Waals surface area contributed by atoms with Crippen LogP contribution in [-0.2, 0) is 26.5 Å². The minimum absolute atomic E-state index is 0. The summed E-state index contributed by atoms with van der Waals surface area (Å²) in [6, 6.07) is 64.5. The monoisotopic (exact) mass is 1030 g/mol. The number of rotatable bonds is 7. The first-order valence-corrected chi connectivity index (χ1v) is 22.8. The summed E-state index contributed by atoms with van der Waals surface area (Å²) in [6.07, 6.45) is 10.5. The Morgan fingerprint density at radius 1 is 0.375 bits per heavy atom. The summed E-state index contributed by atoms with van der Waals surface area (Å²) >= 11 is 0. The zero-order valence-corrected chi connectivity index (χ0v) is 40.4. The molecule has 0 bridgehead atoms. The van der Waals surface area contributed by atoms with Crippen molar-refractivity contribution in [3.05, 3.63) is 242 Å². The molecule has 6 aromatic carbocycles. The second-order valence-corrected chi connectivity index (χ2v) is 16.6. The van der Waals surface area contributed by atoms with Crippen LogP contribution in [0.2, 0.25) is 0 Å². The van der Waals surface area contributed by atoms with E-state index >= 15 is 0 Å². The summed E-state index contributed by atoms with van der Waals surface area (Å²) in [4.78, 5) is 43.7. The van der Waals surface area contributed by atoms with Gasteiger partial charge in [0.2, 0.25) is 5.52 Å². The first kappa shape index (κ1) is 47.9. The van der Waals surface area contributed by atoms with E-state index in [1.807, 2.05) is 30.7 Å². The molecule has 10 nitrogen and oxygen atoms in total. The van der Waals surface area contributed by atoms with Crippen molar-refractivity contribution in [3.8, 4) is 55.9 Å². The van der Waals surface area contributed by atoms with Crippen molar-refractivity contribution in [3.63, 3.8) is 0 Å².